The molecule has 0 aliphatic carbocycles. The van der Waals surface area contributed by atoms with Gasteiger partial charge in [-0.25, -0.2) is 9.59 Å². The second-order valence-electron chi connectivity index (χ2n) is 7.90. The van der Waals surface area contributed by atoms with Crippen LogP contribution in [0.2, 0.25) is 0 Å². The molecule has 1 fully saturated rings. The lowest BCUT2D eigenvalue weighted by molar-refractivity contribution is -0.386. The number of nitro groups is 1. The summed E-state index contributed by atoms with van der Waals surface area (Å²) in [7, 11) is 1.20. The van der Waals surface area contributed by atoms with Gasteiger partial charge in [-0.1, -0.05) is 35.9 Å². The number of aryl methyl sites for hydroxylation is 1. The molecule has 0 spiro atoms. The van der Waals surface area contributed by atoms with Crippen molar-refractivity contribution in [2.75, 3.05) is 7.11 Å². The molecular formula is C25H21N3O8. The van der Waals surface area contributed by atoms with Crippen molar-refractivity contribution in [3.8, 4) is 5.75 Å². The van der Waals surface area contributed by atoms with Gasteiger partial charge < -0.3 is 19.2 Å². The first-order valence-electron chi connectivity index (χ1n) is 10.7. The van der Waals surface area contributed by atoms with Gasteiger partial charge in [-0.3, -0.25) is 19.8 Å². The smallest absolute Gasteiger partial charge is 0.373 e. The molecule has 1 saturated heterocycles. The Bertz CT molecular complexity index is 1370. The van der Waals surface area contributed by atoms with Crippen LogP contribution < -0.4 is 10.1 Å². The predicted molar refractivity (Wildman–Crippen MR) is 126 cm³/mol. The summed E-state index contributed by atoms with van der Waals surface area (Å²) in [5.74, 6) is -1.13. The summed E-state index contributed by atoms with van der Waals surface area (Å²) in [6.45, 7) is 1.89. The fourth-order valence-electron chi connectivity index (χ4n) is 3.45. The average Bonchev–Trinajstić information content (AvgIpc) is 3.44. The van der Waals surface area contributed by atoms with E-state index < -0.39 is 22.8 Å². The van der Waals surface area contributed by atoms with Crippen LogP contribution in [0.25, 0.3) is 6.08 Å². The molecule has 1 aromatic heterocycles. The van der Waals surface area contributed by atoms with Crippen molar-refractivity contribution in [3.05, 3.63) is 98.6 Å². The highest BCUT2D eigenvalue weighted by Crippen LogP contribution is 2.30. The zero-order valence-electron chi connectivity index (χ0n) is 19.3. The highest BCUT2D eigenvalue weighted by molar-refractivity contribution is 6.13. The maximum atomic E-state index is 12.8. The molecule has 0 unspecified atom stereocenters. The highest BCUT2D eigenvalue weighted by Gasteiger charge is 2.34. The molecule has 0 bridgehead atoms. The second kappa shape index (κ2) is 10.1. The Balaban J connectivity index is 1.49. The first-order chi connectivity index (χ1) is 17.2. The van der Waals surface area contributed by atoms with Gasteiger partial charge in [-0.2, -0.15) is 0 Å². The van der Waals surface area contributed by atoms with Gasteiger partial charge in [0.05, 0.1) is 18.6 Å². The van der Waals surface area contributed by atoms with E-state index in [0.29, 0.717) is 5.56 Å². The molecule has 1 aliphatic heterocycles. The Morgan fingerprint density at radius 2 is 1.89 bits per heavy atom. The van der Waals surface area contributed by atoms with E-state index in [1.54, 1.807) is 6.07 Å². The third-order valence-electron chi connectivity index (χ3n) is 5.33. The minimum Gasteiger partial charge on any atom is -0.482 e. The number of urea groups is 1. The van der Waals surface area contributed by atoms with Gasteiger partial charge in [-0.05, 0) is 42.3 Å². The van der Waals surface area contributed by atoms with Crippen molar-refractivity contribution < 1.29 is 33.2 Å². The van der Waals surface area contributed by atoms with Gasteiger partial charge in [0.2, 0.25) is 5.76 Å². The van der Waals surface area contributed by atoms with Crippen LogP contribution in [0.4, 0.5) is 10.5 Å². The molecule has 3 aromatic rings. The lowest BCUT2D eigenvalue weighted by Crippen LogP contribution is -2.30. The summed E-state index contributed by atoms with van der Waals surface area (Å²) in [6.07, 6.45) is 1.33. The quantitative estimate of drug-likeness (QED) is 0.164. The molecule has 36 heavy (non-hydrogen) atoms. The van der Waals surface area contributed by atoms with Crippen molar-refractivity contribution in [1.29, 1.82) is 0 Å². The number of carbonyl (C=O) groups excluding carboxylic acids is 3. The number of rotatable bonds is 8. The van der Waals surface area contributed by atoms with Crippen LogP contribution in [0.1, 0.15) is 33.0 Å². The number of hydrogen-bond donors (Lipinski definition) is 1. The number of methoxy groups -OCH3 is 1. The van der Waals surface area contributed by atoms with E-state index in [0.717, 1.165) is 16.0 Å². The minimum atomic E-state index is -0.699. The lowest BCUT2D eigenvalue weighted by atomic mass is 10.1. The molecule has 0 saturated carbocycles. The summed E-state index contributed by atoms with van der Waals surface area (Å²) >= 11 is 0. The third kappa shape index (κ3) is 5.25. The number of nitro benzene ring substituents is 1. The fraction of sp³-hybridized carbons (Fsp3) is 0.160. The van der Waals surface area contributed by atoms with Crippen LogP contribution in [0, 0.1) is 17.0 Å². The van der Waals surface area contributed by atoms with Crippen LogP contribution in [-0.2, 0) is 22.7 Å². The SMILES string of the molecule is COC(=O)c1ccc(CN2C(=O)N/C(=C\c3ccc(OCc4ccc(C)cc4)c([N+](=O)[O-])c3)C2=O)o1. The predicted octanol–water partition coefficient (Wildman–Crippen LogP) is 3.95. The van der Waals surface area contributed by atoms with Crippen molar-refractivity contribution in [3.63, 3.8) is 0 Å². The fourth-order valence-corrected chi connectivity index (χ4v) is 3.45. The Morgan fingerprint density at radius 3 is 2.58 bits per heavy atom. The number of nitrogens with zero attached hydrogens (tertiary/aromatic N) is 2. The largest absolute Gasteiger partial charge is 0.482 e. The Labute approximate surface area is 205 Å². The second-order valence-corrected chi connectivity index (χ2v) is 7.90. The van der Waals surface area contributed by atoms with Gasteiger partial charge in [0.1, 0.15) is 18.1 Å². The number of benzene rings is 2. The topological polar surface area (TPSA) is 141 Å². The number of esters is 1. The van der Waals surface area contributed by atoms with Crippen LogP contribution in [0.15, 0.2) is 64.7 Å². The van der Waals surface area contributed by atoms with Gasteiger partial charge in [0, 0.05) is 6.07 Å². The van der Waals surface area contributed by atoms with Crippen LogP contribution in [-0.4, -0.2) is 34.8 Å². The van der Waals surface area contributed by atoms with Crippen molar-refractivity contribution in [1.82, 2.24) is 10.2 Å². The summed E-state index contributed by atoms with van der Waals surface area (Å²) in [6, 6.07) is 14.0. The Kier molecular flexibility index (Phi) is 6.81. The number of amides is 3. The Morgan fingerprint density at radius 1 is 1.14 bits per heavy atom. The van der Waals surface area contributed by atoms with Gasteiger partial charge in [0.25, 0.3) is 5.91 Å². The minimum absolute atomic E-state index is 0.0627. The van der Waals surface area contributed by atoms with E-state index in [4.69, 9.17) is 9.15 Å². The number of nitrogens with one attached hydrogen (secondary N) is 1. The van der Waals surface area contributed by atoms with E-state index in [1.807, 2.05) is 31.2 Å². The van der Waals surface area contributed by atoms with E-state index in [-0.39, 0.29) is 41.8 Å². The maximum Gasteiger partial charge on any atom is 0.373 e. The summed E-state index contributed by atoms with van der Waals surface area (Å²) in [4.78, 5) is 48.6. The first kappa shape index (κ1) is 24.2. The van der Waals surface area contributed by atoms with E-state index in [1.165, 1.54) is 37.5 Å². The van der Waals surface area contributed by atoms with Crippen molar-refractivity contribution >= 4 is 29.7 Å². The highest BCUT2D eigenvalue weighted by atomic mass is 16.6. The van der Waals surface area contributed by atoms with E-state index >= 15 is 0 Å². The third-order valence-corrected chi connectivity index (χ3v) is 5.33. The zero-order valence-corrected chi connectivity index (χ0v) is 19.3. The monoisotopic (exact) mass is 491 g/mol. The number of hydrogen-bond acceptors (Lipinski definition) is 8. The number of imide groups is 1. The van der Waals surface area contributed by atoms with E-state index in [9.17, 15) is 24.5 Å². The average molecular weight is 491 g/mol. The zero-order chi connectivity index (χ0) is 25.8. The summed E-state index contributed by atoms with van der Waals surface area (Å²) < 4.78 is 15.5. The normalized spacial score (nSPS) is 14.2. The molecule has 1 N–H and O–H groups in total. The molecule has 2 heterocycles. The summed E-state index contributed by atoms with van der Waals surface area (Å²) in [5.41, 5.74) is 1.92. The summed E-state index contributed by atoms with van der Waals surface area (Å²) in [5, 5.41) is 14.1. The standard InChI is InChI=1S/C25H21N3O8/c1-15-3-5-16(6-4-15)14-35-21-9-7-17(12-20(21)28(32)33)11-19-23(29)27(25(31)26-19)13-18-8-10-22(36-18)24(30)34-2/h3-12H,13-14H2,1-2H3,(H,26,31)/b19-11-. The molecule has 2 aromatic carbocycles. The number of carbonyl (C=O) groups is 3. The lowest BCUT2D eigenvalue weighted by Gasteiger charge is -2.09. The molecule has 4 rings (SSSR count). The molecule has 184 valence electrons. The first-order valence-corrected chi connectivity index (χ1v) is 10.7. The molecule has 0 atom stereocenters. The van der Waals surface area contributed by atoms with E-state index in [2.05, 4.69) is 10.1 Å². The molecule has 1 aliphatic rings. The molecule has 3 amide bonds. The maximum absolute atomic E-state index is 12.8. The molecular weight excluding hydrogens is 470 g/mol. The van der Waals surface area contributed by atoms with Crippen LogP contribution >= 0.6 is 0 Å². The number of ether oxygens (including phenoxy) is 2. The Hall–Kier alpha value is -4.93. The van der Waals surface area contributed by atoms with Crippen molar-refractivity contribution in [2.45, 2.75) is 20.1 Å². The van der Waals surface area contributed by atoms with Crippen LogP contribution in [0.3, 0.4) is 0 Å². The van der Waals surface area contributed by atoms with Crippen LogP contribution in [0.5, 0.6) is 5.75 Å². The van der Waals surface area contributed by atoms with Gasteiger partial charge >= 0.3 is 17.7 Å². The van der Waals surface area contributed by atoms with Gasteiger partial charge in [0.15, 0.2) is 5.75 Å². The molecule has 0 radical (unpaired) electrons. The number of furan rings is 1. The molecule has 11 heteroatoms. The van der Waals surface area contributed by atoms with Gasteiger partial charge in [-0.15, -0.1) is 0 Å². The van der Waals surface area contributed by atoms with Crippen molar-refractivity contribution in [2.24, 2.45) is 0 Å². The molecule has 11 nitrogen and oxygen atoms in total.